The second-order valence-corrected chi connectivity index (χ2v) is 15.2. The number of hydrogen-bond acceptors (Lipinski definition) is 4. The fourth-order valence-corrected chi connectivity index (χ4v) is 6.01. The summed E-state index contributed by atoms with van der Waals surface area (Å²) in [5, 5.41) is 26.2. The summed E-state index contributed by atoms with van der Waals surface area (Å²) in [7, 11) is -2.00. The van der Waals surface area contributed by atoms with E-state index < -0.39 is 8.32 Å². The molecule has 3 unspecified atom stereocenters. The number of carbonyl (C=O) groups excluding carboxylic acids is 1. The third kappa shape index (κ3) is 3.55. The lowest BCUT2D eigenvalue weighted by Gasteiger charge is -2.46. The van der Waals surface area contributed by atoms with E-state index in [4.69, 9.17) is 4.43 Å². The highest BCUT2D eigenvalue weighted by molar-refractivity contribution is 6.74. The number of fused-ring (bicyclic) bond motifs is 2. The standard InChI is InChI=1S/C25H33NO4Si/c1-14(30-31(5,6)25(2,3)4)20-21(26-24(20)29)15-11-12-18-19(13-15)23(28)17-10-8-7-9-16(17)22(18)27/h7-11,14,20-21,27-28H,12-13H2,1-6H3,(H,26,29). The van der Waals surface area contributed by atoms with Crippen LogP contribution in [0, 0.1) is 5.92 Å². The quantitative estimate of drug-likeness (QED) is 0.277. The van der Waals surface area contributed by atoms with Crippen LogP contribution >= 0.6 is 0 Å². The molecule has 6 heteroatoms. The molecular formula is C25H33NO4Si. The van der Waals surface area contributed by atoms with Crippen LogP contribution in [-0.4, -0.2) is 36.6 Å². The summed E-state index contributed by atoms with van der Waals surface area (Å²) >= 11 is 0. The fraction of sp³-hybridized carbons (Fsp3) is 0.480. The molecule has 166 valence electrons. The van der Waals surface area contributed by atoms with Crippen LogP contribution < -0.4 is 5.32 Å². The first-order valence-corrected chi connectivity index (χ1v) is 13.9. The molecule has 2 aliphatic rings. The molecule has 0 radical (unpaired) electrons. The van der Waals surface area contributed by atoms with Gasteiger partial charge in [-0.3, -0.25) is 4.79 Å². The van der Waals surface area contributed by atoms with Gasteiger partial charge in [-0.1, -0.05) is 51.1 Å². The smallest absolute Gasteiger partial charge is 0.228 e. The summed E-state index contributed by atoms with van der Waals surface area (Å²) < 4.78 is 6.53. The van der Waals surface area contributed by atoms with Crippen molar-refractivity contribution in [1.29, 1.82) is 0 Å². The predicted octanol–water partition coefficient (Wildman–Crippen LogP) is 4.80. The molecule has 0 aromatic heterocycles. The van der Waals surface area contributed by atoms with Crippen LogP contribution in [-0.2, 0) is 22.1 Å². The molecule has 2 aromatic rings. The maximum Gasteiger partial charge on any atom is 0.228 e. The van der Waals surface area contributed by atoms with Crippen LogP contribution in [0.2, 0.25) is 18.1 Å². The number of aromatic hydroxyl groups is 2. The van der Waals surface area contributed by atoms with Crippen LogP contribution in [0.5, 0.6) is 11.5 Å². The minimum atomic E-state index is -2.00. The van der Waals surface area contributed by atoms with Crippen LogP contribution in [0.15, 0.2) is 35.9 Å². The van der Waals surface area contributed by atoms with E-state index in [0.717, 1.165) is 16.7 Å². The van der Waals surface area contributed by atoms with E-state index in [9.17, 15) is 15.0 Å². The highest BCUT2D eigenvalue weighted by Gasteiger charge is 2.48. The Morgan fingerprint density at radius 2 is 1.68 bits per heavy atom. The normalized spacial score (nSPS) is 22.4. The number of carbonyl (C=O) groups is 1. The van der Waals surface area contributed by atoms with Crippen molar-refractivity contribution in [3.63, 3.8) is 0 Å². The average molecular weight is 440 g/mol. The Balaban J connectivity index is 1.60. The molecule has 0 bridgehead atoms. The minimum absolute atomic E-state index is 0.0217. The van der Waals surface area contributed by atoms with Crippen LogP contribution in [0.25, 0.3) is 10.8 Å². The van der Waals surface area contributed by atoms with Gasteiger partial charge in [-0.05, 0) is 43.5 Å². The van der Waals surface area contributed by atoms with E-state index in [1.54, 1.807) is 0 Å². The van der Waals surface area contributed by atoms with Crippen LogP contribution in [0.1, 0.15) is 38.8 Å². The van der Waals surface area contributed by atoms with Crippen molar-refractivity contribution in [2.24, 2.45) is 5.92 Å². The second-order valence-electron chi connectivity index (χ2n) is 10.5. The van der Waals surface area contributed by atoms with Crippen LogP contribution in [0.4, 0.5) is 0 Å². The molecule has 1 amide bonds. The Morgan fingerprint density at radius 1 is 1.10 bits per heavy atom. The summed E-state index contributed by atoms with van der Waals surface area (Å²) in [6.45, 7) is 13.0. The average Bonchev–Trinajstić information content (AvgIpc) is 2.68. The summed E-state index contributed by atoms with van der Waals surface area (Å²) in [5.74, 6) is 0.246. The van der Waals surface area contributed by atoms with E-state index in [-0.39, 0.29) is 40.5 Å². The fourth-order valence-electron chi connectivity index (χ4n) is 4.58. The van der Waals surface area contributed by atoms with E-state index in [2.05, 4.69) is 45.3 Å². The number of phenols is 2. The molecule has 3 atom stereocenters. The van der Waals surface area contributed by atoms with Crippen molar-refractivity contribution in [2.45, 2.75) is 70.8 Å². The number of allylic oxidation sites excluding steroid dienone is 1. The first kappa shape index (κ1) is 21.9. The molecule has 31 heavy (non-hydrogen) atoms. The van der Waals surface area contributed by atoms with E-state index >= 15 is 0 Å². The van der Waals surface area contributed by atoms with Gasteiger partial charge in [0.25, 0.3) is 0 Å². The van der Waals surface area contributed by atoms with Gasteiger partial charge in [-0.2, -0.15) is 0 Å². The van der Waals surface area contributed by atoms with Crippen molar-refractivity contribution in [3.8, 4) is 11.5 Å². The Morgan fingerprint density at radius 3 is 2.23 bits per heavy atom. The van der Waals surface area contributed by atoms with Gasteiger partial charge in [0.05, 0.1) is 18.1 Å². The Labute approximate surface area is 185 Å². The van der Waals surface area contributed by atoms with Gasteiger partial charge in [-0.15, -0.1) is 0 Å². The maximum atomic E-state index is 12.5. The lowest BCUT2D eigenvalue weighted by atomic mass is 9.76. The lowest BCUT2D eigenvalue weighted by Crippen LogP contribution is -2.64. The molecule has 1 fully saturated rings. The molecule has 0 spiro atoms. The molecule has 0 saturated carbocycles. The first-order valence-electron chi connectivity index (χ1n) is 11.0. The molecule has 5 nitrogen and oxygen atoms in total. The van der Waals surface area contributed by atoms with Gasteiger partial charge in [0.1, 0.15) is 11.5 Å². The number of nitrogens with one attached hydrogen (secondary N) is 1. The van der Waals surface area contributed by atoms with Gasteiger partial charge < -0.3 is 20.0 Å². The van der Waals surface area contributed by atoms with Crippen LogP contribution in [0.3, 0.4) is 0 Å². The van der Waals surface area contributed by atoms with Crippen molar-refractivity contribution >= 4 is 25.0 Å². The predicted molar refractivity (Wildman–Crippen MR) is 126 cm³/mol. The largest absolute Gasteiger partial charge is 0.507 e. The monoisotopic (exact) mass is 439 g/mol. The van der Waals surface area contributed by atoms with Gasteiger partial charge in [-0.25, -0.2) is 0 Å². The number of benzene rings is 2. The third-order valence-electron chi connectivity index (χ3n) is 7.47. The number of hydrogen-bond donors (Lipinski definition) is 3. The van der Waals surface area contributed by atoms with Gasteiger partial charge in [0, 0.05) is 21.9 Å². The molecule has 1 saturated heterocycles. The highest BCUT2D eigenvalue weighted by Crippen LogP contribution is 2.45. The third-order valence-corrected chi connectivity index (χ3v) is 12.0. The Kier molecular flexibility index (Phi) is 5.21. The molecule has 3 N–H and O–H groups in total. The van der Waals surface area contributed by atoms with Crippen molar-refractivity contribution < 1.29 is 19.4 Å². The first-order chi connectivity index (χ1) is 14.4. The summed E-state index contributed by atoms with van der Waals surface area (Å²) in [4.78, 5) is 12.5. The van der Waals surface area contributed by atoms with E-state index in [1.807, 2.05) is 31.2 Å². The minimum Gasteiger partial charge on any atom is -0.507 e. The molecule has 1 aliphatic heterocycles. The van der Waals surface area contributed by atoms with E-state index in [1.165, 1.54) is 0 Å². The highest BCUT2D eigenvalue weighted by atomic mass is 28.4. The molecule has 1 aliphatic carbocycles. The Bertz CT molecular complexity index is 1080. The molecule has 2 aromatic carbocycles. The summed E-state index contributed by atoms with van der Waals surface area (Å²) in [5.41, 5.74) is 2.60. The lowest BCUT2D eigenvalue weighted by molar-refractivity contribution is -0.138. The summed E-state index contributed by atoms with van der Waals surface area (Å²) in [6, 6.07) is 7.26. The Hall–Kier alpha value is -2.31. The molecule has 4 rings (SSSR count). The van der Waals surface area contributed by atoms with Gasteiger partial charge >= 0.3 is 0 Å². The molecular weight excluding hydrogens is 406 g/mol. The zero-order chi connectivity index (χ0) is 22.7. The number of amides is 1. The zero-order valence-corrected chi connectivity index (χ0v) is 20.2. The van der Waals surface area contributed by atoms with Crippen molar-refractivity contribution in [2.75, 3.05) is 0 Å². The topological polar surface area (TPSA) is 78.8 Å². The van der Waals surface area contributed by atoms with Gasteiger partial charge in [0.2, 0.25) is 5.91 Å². The number of phenolic OH excluding ortho intramolecular Hbond substituents is 2. The zero-order valence-electron chi connectivity index (χ0n) is 19.2. The number of rotatable bonds is 4. The summed E-state index contributed by atoms with van der Waals surface area (Å²) in [6.07, 6.45) is 2.95. The van der Waals surface area contributed by atoms with E-state index in [0.29, 0.717) is 23.6 Å². The SMILES string of the molecule is CC(O[Si](C)(C)C(C)(C)C)C1C(=O)NC1C1=CCc2c(c(O)c3ccccc3c2O)C1. The van der Waals surface area contributed by atoms with Gasteiger partial charge in [0.15, 0.2) is 8.32 Å². The van der Waals surface area contributed by atoms with Crippen molar-refractivity contribution in [1.82, 2.24) is 5.32 Å². The maximum absolute atomic E-state index is 12.5. The second kappa shape index (κ2) is 7.38. The number of β-lactam (4-membered cyclic amide) rings is 1. The molecule has 1 heterocycles. The van der Waals surface area contributed by atoms with Crippen molar-refractivity contribution in [3.05, 3.63) is 47.0 Å².